The molecular formula is C22H23ClN4O4S. The van der Waals surface area contributed by atoms with Gasteiger partial charge in [-0.05, 0) is 49.8 Å². The molecule has 0 bridgehead atoms. The van der Waals surface area contributed by atoms with Crippen molar-refractivity contribution in [3.05, 3.63) is 59.0 Å². The number of hydrogen-bond donors (Lipinski definition) is 0. The third kappa shape index (κ3) is 4.31. The minimum absolute atomic E-state index is 0.0373. The summed E-state index contributed by atoms with van der Waals surface area (Å²) in [6, 6.07) is 8.90. The Bertz CT molecular complexity index is 1260. The fraction of sp³-hybridized carbons (Fsp3) is 0.273. The summed E-state index contributed by atoms with van der Waals surface area (Å²) in [7, 11) is -3.92. The topological polar surface area (TPSA) is 86.6 Å². The van der Waals surface area contributed by atoms with Gasteiger partial charge in [-0.1, -0.05) is 23.7 Å². The largest absolute Gasteiger partial charge is 0.489 e. The molecule has 0 saturated carbocycles. The first-order valence-electron chi connectivity index (χ1n) is 10.2. The Morgan fingerprint density at radius 2 is 2.09 bits per heavy atom. The second-order valence-corrected chi connectivity index (χ2v) is 9.18. The molecule has 8 nitrogen and oxygen atoms in total. The molecule has 0 saturated heterocycles. The van der Waals surface area contributed by atoms with E-state index in [1.165, 1.54) is 10.5 Å². The van der Waals surface area contributed by atoms with E-state index in [1.54, 1.807) is 48.1 Å². The maximum atomic E-state index is 13.6. The first kappa shape index (κ1) is 22.2. The van der Waals surface area contributed by atoms with Crippen molar-refractivity contribution in [3.63, 3.8) is 0 Å². The van der Waals surface area contributed by atoms with E-state index < -0.39 is 10.0 Å². The number of halogens is 1. The van der Waals surface area contributed by atoms with Crippen LogP contribution in [0.4, 0.5) is 5.69 Å². The summed E-state index contributed by atoms with van der Waals surface area (Å²) in [5, 5.41) is 4.78. The molecule has 0 atom stereocenters. The zero-order valence-corrected chi connectivity index (χ0v) is 19.3. The molecule has 4 rings (SSSR count). The predicted octanol–water partition coefficient (Wildman–Crippen LogP) is 4.11. The van der Waals surface area contributed by atoms with Gasteiger partial charge in [-0.25, -0.2) is 8.42 Å². The number of aromatic nitrogens is 3. The minimum atomic E-state index is -3.92. The second-order valence-electron chi connectivity index (χ2n) is 6.94. The summed E-state index contributed by atoms with van der Waals surface area (Å²) in [4.78, 5) is 4.28. The van der Waals surface area contributed by atoms with Crippen LogP contribution in [0.1, 0.15) is 25.1 Å². The van der Waals surface area contributed by atoms with Crippen molar-refractivity contribution >= 4 is 39.5 Å². The quantitative estimate of drug-likeness (QED) is 0.512. The van der Waals surface area contributed by atoms with Gasteiger partial charge in [-0.2, -0.15) is 0 Å². The summed E-state index contributed by atoms with van der Waals surface area (Å²) in [6.07, 6.45) is 6.77. The van der Waals surface area contributed by atoms with Crippen molar-refractivity contribution in [1.29, 1.82) is 0 Å². The van der Waals surface area contributed by atoms with Gasteiger partial charge in [-0.15, -0.1) is 5.10 Å². The Labute approximate surface area is 192 Å². The van der Waals surface area contributed by atoms with Crippen molar-refractivity contribution < 1.29 is 17.9 Å². The van der Waals surface area contributed by atoms with Gasteiger partial charge < -0.3 is 9.47 Å². The first-order chi connectivity index (χ1) is 15.4. The molecule has 0 unspecified atom stereocenters. The number of sulfonamides is 1. The van der Waals surface area contributed by atoms with E-state index in [-0.39, 0.29) is 23.9 Å². The maximum Gasteiger partial charge on any atom is 0.271 e. The van der Waals surface area contributed by atoms with Gasteiger partial charge in [0.1, 0.15) is 12.4 Å². The Morgan fingerprint density at radius 3 is 2.84 bits per heavy atom. The summed E-state index contributed by atoms with van der Waals surface area (Å²) >= 11 is 6.17. The third-order valence-corrected chi connectivity index (χ3v) is 7.01. The van der Waals surface area contributed by atoms with Crippen molar-refractivity contribution in [2.45, 2.75) is 25.3 Å². The van der Waals surface area contributed by atoms with Gasteiger partial charge in [0.15, 0.2) is 4.90 Å². The van der Waals surface area contributed by atoms with Crippen LogP contribution in [0.5, 0.6) is 11.6 Å². The standard InChI is InChI=1S/C22H23ClN4O4S/c1-3-26-15-21(22(25-26)30-4-2)32(28,29)27-12-13-31-20-10-8-16(14-19(20)27)7-9-18-17(23)6-5-11-24-18/h5-11,14-15H,3-4,12-13H2,1-2H3/b9-7+. The molecule has 3 heterocycles. The number of fused-ring (bicyclic) bond motifs is 1. The van der Waals surface area contributed by atoms with Crippen LogP contribution in [-0.4, -0.2) is 42.9 Å². The lowest BCUT2D eigenvalue weighted by Gasteiger charge is -2.30. The van der Waals surface area contributed by atoms with Crippen LogP contribution in [0.25, 0.3) is 12.2 Å². The number of nitrogens with zero attached hydrogens (tertiary/aromatic N) is 4. The van der Waals surface area contributed by atoms with Gasteiger partial charge in [0.2, 0.25) is 0 Å². The fourth-order valence-corrected chi connectivity index (χ4v) is 5.05. The Balaban J connectivity index is 1.72. The van der Waals surface area contributed by atoms with Crippen molar-refractivity contribution in [2.24, 2.45) is 0 Å². The number of hydrogen-bond acceptors (Lipinski definition) is 6. The molecule has 32 heavy (non-hydrogen) atoms. The molecular weight excluding hydrogens is 452 g/mol. The lowest BCUT2D eigenvalue weighted by Crippen LogP contribution is -2.38. The lowest BCUT2D eigenvalue weighted by molar-refractivity contribution is 0.311. The zero-order chi connectivity index (χ0) is 22.7. The highest BCUT2D eigenvalue weighted by atomic mass is 35.5. The van der Waals surface area contributed by atoms with Crippen LogP contribution >= 0.6 is 11.6 Å². The monoisotopic (exact) mass is 474 g/mol. The third-order valence-electron chi connectivity index (χ3n) is 4.89. The van der Waals surface area contributed by atoms with Gasteiger partial charge in [0.05, 0.1) is 29.6 Å². The van der Waals surface area contributed by atoms with Crippen LogP contribution < -0.4 is 13.8 Å². The highest BCUT2D eigenvalue weighted by molar-refractivity contribution is 7.93. The van der Waals surface area contributed by atoms with Crippen LogP contribution in [0.2, 0.25) is 5.02 Å². The van der Waals surface area contributed by atoms with Gasteiger partial charge >= 0.3 is 0 Å². The number of aryl methyl sites for hydroxylation is 1. The Hall–Kier alpha value is -3.04. The van der Waals surface area contributed by atoms with Crippen LogP contribution in [0, 0.1) is 0 Å². The average molecular weight is 475 g/mol. The average Bonchev–Trinajstić information content (AvgIpc) is 3.22. The maximum absolute atomic E-state index is 13.6. The molecule has 1 aliphatic rings. The summed E-state index contributed by atoms with van der Waals surface area (Å²) in [5.74, 6) is 0.594. The Kier molecular flexibility index (Phi) is 6.38. The SMILES string of the molecule is CCOc1nn(CC)cc1S(=O)(=O)N1CCOc2ccc(/C=C/c3ncccc3Cl)cc21. The van der Waals surface area contributed by atoms with E-state index in [9.17, 15) is 8.42 Å². The molecule has 0 aliphatic carbocycles. The summed E-state index contributed by atoms with van der Waals surface area (Å²) in [5.41, 5.74) is 1.86. The molecule has 2 aromatic heterocycles. The molecule has 0 amide bonds. The van der Waals surface area contributed by atoms with Gasteiger partial charge in [0.25, 0.3) is 15.9 Å². The predicted molar refractivity (Wildman–Crippen MR) is 124 cm³/mol. The molecule has 0 N–H and O–H groups in total. The molecule has 0 fully saturated rings. The number of anilines is 1. The zero-order valence-electron chi connectivity index (χ0n) is 17.7. The number of ether oxygens (including phenoxy) is 2. The molecule has 3 aromatic rings. The van der Waals surface area contributed by atoms with E-state index in [4.69, 9.17) is 21.1 Å². The number of pyridine rings is 1. The van der Waals surface area contributed by atoms with Crippen molar-refractivity contribution in [2.75, 3.05) is 24.1 Å². The van der Waals surface area contributed by atoms with E-state index in [2.05, 4.69) is 10.1 Å². The van der Waals surface area contributed by atoms with E-state index in [1.807, 2.05) is 19.1 Å². The number of benzene rings is 1. The molecule has 0 spiro atoms. The van der Waals surface area contributed by atoms with Crippen LogP contribution in [0.15, 0.2) is 47.6 Å². The lowest BCUT2D eigenvalue weighted by atomic mass is 10.1. The van der Waals surface area contributed by atoms with Gasteiger partial charge in [0, 0.05) is 18.9 Å². The molecule has 1 aromatic carbocycles. The summed E-state index contributed by atoms with van der Waals surface area (Å²) in [6.45, 7) is 4.94. The molecule has 10 heteroatoms. The highest BCUT2D eigenvalue weighted by Crippen LogP contribution is 2.38. The first-order valence-corrected chi connectivity index (χ1v) is 12.0. The normalized spacial score (nSPS) is 13.8. The van der Waals surface area contributed by atoms with E-state index in [0.717, 1.165) is 5.56 Å². The van der Waals surface area contributed by atoms with E-state index >= 15 is 0 Å². The van der Waals surface area contributed by atoms with Crippen molar-refractivity contribution in [1.82, 2.24) is 14.8 Å². The molecule has 1 aliphatic heterocycles. The number of rotatable bonds is 7. The molecule has 0 radical (unpaired) electrons. The van der Waals surface area contributed by atoms with E-state index in [0.29, 0.717) is 35.3 Å². The smallest absolute Gasteiger partial charge is 0.271 e. The fourth-order valence-electron chi connectivity index (χ4n) is 3.34. The van der Waals surface area contributed by atoms with Crippen LogP contribution in [0.3, 0.4) is 0 Å². The minimum Gasteiger partial charge on any atom is -0.489 e. The summed E-state index contributed by atoms with van der Waals surface area (Å²) < 4.78 is 41.3. The Morgan fingerprint density at radius 1 is 1.25 bits per heavy atom. The van der Waals surface area contributed by atoms with Crippen LogP contribution in [-0.2, 0) is 16.6 Å². The molecule has 168 valence electrons. The van der Waals surface area contributed by atoms with Crippen molar-refractivity contribution in [3.8, 4) is 11.6 Å². The van der Waals surface area contributed by atoms with Gasteiger partial charge in [-0.3, -0.25) is 14.0 Å². The highest BCUT2D eigenvalue weighted by Gasteiger charge is 2.34. The second kappa shape index (κ2) is 9.22.